The molecule has 8 nitrogen and oxygen atoms in total. The SMILES string of the molecule is COC(=O)c1ccc(C2C(C(=O)Nc3ccc(C)cc3)=C(C)Nc3ncnn32)cc1. The summed E-state index contributed by atoms with van der Waals surface area (Å²) in [6.07, 6.45) is 1.44. The van der Waals surface area contributed by atoms with Gasteiger partial charge in [-0.15, -0.1) is 0 Å². The first-order chi connectivity index (χ1) is 14.5. The summed E-state index contributed by atoms with van der Waals surface area (Å²) in [4.78, 5) is 29.3. The standard InChI is InChI=1S/C22H21N5O3/c1-13-4-10-17(11-5-13)26-20(28)18-14(2)25-22-23-12-24-27(22)19(18)15-6-8-16(9-7-15)21(29)30-3/h4-12,19H,1-3H3,(H,26,28)(H,23,24,25). The highest BCUT2D eigenvalue weighted by Gasteiger charge is 2.33. The largest absolute Gasteiger partial charge is 0.465 e. The Bertz CT molecular complexity index is 1130. The topological polar surface area (TPSA) is 98.1 Å². The molecule has 2 heterocycles. The van der Waals surface area contributed by atoms with E-state index in [-0.39, 0.29) is 5.91 Å². The Morgan fingerprint density at radius 2 is 1.77 bits per heavy atom. The van der Waals surface area contributed by atoms with Gasteiger partial charge in [0.2, 0.25) is 5.95 Å². The van der Waals surface area contributed by atoms with Gasteiger partial charge in [-0.3, -0.25) is 4.79 Å². The fourth-order valence-electron chi connectivity index (χ4n) is 3.45. The van der Waals surface area contributed by atoms with Gasteiger partial charge in [0.05, 0.1) is 18.2 Å². The normalized spacial score (nSPS) is 15.2. The molecule has 2 aromatic carbocycles. The smallest absolute Gasteiger partial charge is 0.337 e. The Balaban J connectivity index is 1.72. The van der Waals surface area contributed by atoms with E-state index in [1.54, 1.807) is 28.9 Å². The third kappa shape index (κ3) is 3.55. The number of amides is 1. The molecule has 152 valence electrons. The number of nitrogens with one attached hydrogen (secondary N) is 2. The Labute approximate surface area is 173 Å². The number of aromatic nitrogens is 3. The van der Waals surface area contributed by atoms with Crippen LogP contribution in [0.3, 0.4) is 0 Å². The molecule has 3 aromatic rings. The van der Waals surface area contributed by atoms with Crippen molar-refractivity contribution in [1.29, 1.82) is 0 Å². The van der Waals surface area contributed by atoms with E-state index in [2.05, 4.69) is 20.7 Å². The average molecular weight is 403 g/mol. The maximum absolute atomic E-state index is 13.3. The zero-order valence-electron chi connectivity index (χ0n) is 16.8. The lowest BCUT2D eigenvalue weighted by atomic mass is 9.94. The third-order valence-electron chi connectivity index (χ3n) is 5.00. The van der Waals surface area contributed by atoms with Gasteiger partial charge in [-0.1, -0.05) is 29.8 Å². The quantitative estimate of drug-likeness (QED) is 0.649. The number of rotatable bonds is 4. The van der Waals surface area contributed by atoms with Crippen molar-refractivity contribution in [3.05, 3.63) is 82.8 Å². The molecule has 0 radical (unpaired) electrons. The second kappa shape index (κ2) is 7.82. The Morgan fingerprint density at radius 1 is 1.07 bits per heavy atom. The van der Waals surface area contributed by atoms with Gasteiger partial charge in [0, 0.05) is 11.4 Å². The van der Waals surface area contributed by atoms with Gasteiger partial charge < -0.3 is 15.4 Å². The van der Waals surface area contributed by atoms with Crippen LogP contribution < -0.4 is 10.6 Å². The monoisotopic (exact) mass is 403 g/mol. The fraction of sp³-hybridized carbons (Fsp3) is 0.182. The van der Waals surface area contributed by atoms with Crippen molar-refractivity contribution in [1.82, 2.24) is 14.8 Å². The van der Waals surface area contributed by atoms with E-state index in [1.807, 2.05) is 38.1 Å². The summed E-state index contributed by atoms with van der Waals surface area (Å²) in [5, 5.41) is 10.4. The zero-order valence-corrected chi connectivity index (χ0v) is 16.8. The molecule has 0 saturated carbocycles. The molecule has 2 N–H and O–H groups in total. The van der Waals surface area contributed by atoms with Crippen LogP contribution in [0.4, 0.5) is 11.6 Å². The first-order valence-electron chi connectivity index (χ1n) is 9.41. The van der Waals surface area contributed by atoms with Crippen molar-refractivity contribution < 1.29 is 14.3 Å². The second-order valence-corrected chi connectivity index (χ2v) is 7.03. The van der Waals surface area contributed by atoms with Crippen LogP contribution >= 0.6 is 0 Å². The Morgan fingerprint density at radius 3 is 2.43 bits per heavy atom. The second-order valence-electron chi connectivity index (χ2n) is 7.03. The first-order valence-corrected chi connectivity index (χ1v) is 9.41. The minimum absolute atomic E-state index is 0.243. The number of carbonyl (C=O) groups excluding carboxylic acids is 2. The van der Waals surface area contributed by atoms with Gasteiger partial charge in [0.15, 0.2) is 0 Å². The maximum atomic E-state index is 13.3. The predicted molar refractivity (Wildman–Crippen MR) is 112 cm³/mol. The number of esters is 1. The summed E-state index contributed by atoms with van der Waals surface area (Å²) in [5.74, 6) is -0.120. The van der Waals surface area contributed by atoms with Crippen LogP contribution in [0, 0.1) is 6.92 Å². The minimum Gasteiger partial charge on any atom is -0.465 e. The molecule has 1 amide bonds. The molecule has 1 aromatic heterocycles. The summed E-state index contributed by atoms with van der Waals surface area (Å²) >= 11 is 0. The van der Waals surface area contributed by atoms with Crippen molar-refractivity contribution in [2.24, 2.45) is 0 Å². The van der Waals surface area contributed by atoms with E-state index in [0.29, 0.717) is 28.5 Å². The van der Waals surface area contributed by atoms with Crippen molar-refractivity contribution >= 4 is 23.5 Å². The minimum atomic E-state index is -0.499. The van der Waals surface area contributed by atoms with Gasteiger partial charge >= 0.3 is 5.97 Å². The summed E-state index contributed by atoms with van der Waals surface area (Å²) in [5.41, 5.74) is 4.24. The Hall–Kier alpha value is -3.94. The molecule has 0 spiro atoms. The number of hydrogen-bond acceptors (Lipinski definition) is 6. The molecule has 8 heteroatoms. The number of fused-ring (bicyclic) bond motifs is 1. The molecule has 1 aliphatic heterocycles. The number of hydrogen-bond donors (Lipinski definition) is 2. The molecule has 0 aliphatic carbocycles. The van der Waals surface area contributed by atoms with Gasteiger partial charge in [0.25, 0.3) is 5.91 Å². The highest BCUT2D eigenvalue weighted by molar-refractivity contribution is 6.06. The number of aryl methyl sites for hydroxylation is 1. The number of benzene rings is 2. The molecule has 4 rings (SSSR count). The van der Waals surface area contributed by atoms with Crippen molar-refractivity contribution in [2.45, 2.75) is 19.9 Å². The van der Waals surface area contributed by atoms with Gasteiger partial charge in [0.1, 0.15) is 12.4 Å². The molecule has 1 aliphatic rings. The van der Waals surface area contributed by atoms with Gasteiger partial charge in [-0.2, -0.15) is 10.1 Å². The van der Waals surface area contributed by atoms with Crippen LogP contribution in [0.15, 0.2) is 66.1 Å². The third-order valence-corrected chi connectivity index (χ3v) is 5.00. The molecule has 1 atom stereocenters. The molecular formula is C22H21N5O3. The van der Waals surface area contributed by atoms with E-state index in [1.165, 1.54) is 13.4 Å². The maximum Gasteiger partial charge on any atom is 0.337 e. The number of allylic oxidation sites excluding steroid dienone is 1. The number of methoxy groups -OCH3 is 1. The van der Waals surface area contributed by atoms with E-state index < -0.39 is 12.0 Å². The van der Waals surface area contributed by atoms with Crippen molar-refractivity contribution in [3.63, 3.8) is 0 Å². The molecule has 0 saturated heterocycles. The molecule has 1 unspecified atom stereocenters. The van der Waals surface area contributed by atoms with Gasteiger partial charge in [-0.05, 0) is 43.7 Å². The molecule has 0 fully saturated rings. The lowest BCUT2D eigenvalue weighted by Crippen LogP contribution is -2.31. The predicted octanol–water partition coefficient (Wildman–Crippen LogP) is 3.30. The first kappa shape index (κ1) is 19.4. The van der Waals surface area contributed by atoms with Crippen molar-refractivity contribution in [3.8, 4) is 0 Å². The van der Waals surface area contributed by atoms with Crippen LogP contribution in [0.1, 0.15) is 34.5 Å². The molecule has 30 heavy (non-hydrogen) atoms. The van der Waals surface area contributed by atoms with E-state index in [0.717, 1.165) is 11.1 Å². The summed E-state index contributed by atoms with van der Waals surface area (Å²) in [6.45, 7) is 3.82. The van der Waals surface area contributed by atoms with E-state index >= 15 is 0 Å². The average Bonchev–Trinajstić information content (AvgIpc) is 3.22. The zero-order chi connectivity index (χ0) is 21.3. The number of carbonyl (C=O) groups is 2. The van der Waals surface area contributed by atoms with Crippen LogP contribution in [0.2, 0.25) is 0 Å². The summed E-state index contributed by atoms with van der Waals surface area (Å²) < 4.78 is 6.42. The van der Waals surface area contributed by atoms with Crippen LogP contribution in [-0.2, 0) is 9.53 Å². The van der Waals surface area contributed by atoms with Crippen LogP contribution in [-0.4, -0.2) is 33.8 Å². The molecule has 0 bridgehead atoms. The summed E-state index contributed by atoms with van der Waals surface area (Å²) in [7, 11) is 1.34. The number of nitrogens with zero attached hydrogens (tertiary/aromatic N) is 3. The molecular weight excluding hydrogens is 382 g/mol. The lowest BCUT2D eigenvalue weighted by molar-refractivity contribution is -0.113. The Kier molecular flexibility index (Phi) is 5.05. The van der Waals surface area contributed by atoms with Crippen molar-refractivity contribution in [2.75, 3.05) is 17.7 Å². The van der Waals surface area contributed by atoms with Crippen LogP contribution in [0.5, 0.6) is 0 Å². The lowest BCUT2D eigenvalue weighted by Gasteiger charge is -2.28. The fourth-order valence-corrected chi connectivity index (χ4v) is 3.45. The highest BCUT2D eigenvalue weighted by atomic mass is 16.5. The van der Waals surface area contributed by atoms with E-state index in [9.17, 15) is 9.59 Å². The van der Waals surface area contributed by atoms with Crippen LogP contribution in [0.25, 0.3) is 0 Å². The number of anilines is 2. The highest BCUT2D eigenvalue weighted by Crippen LogP contribution is 2.35. The van der Waals surface area contributed by atoms with E-state index in [4.69, 9.17) is 4.74 Å². The number of ether oxygens (including phenoxy) is 1. The summed E-state index contributed by atoms with van der Waals surface area (Å²) in [6, 6.07) is 14.0. The van der Waals surface area contributed by atoms with Gasteiger partial charge in [-0.25, -0.2) is 9.48 Å².